The minimum absolute atomic E-state index is 0.157. The number of hydrogen-bond donors (Lipinski definition) is 2. The molecule has 2 N–H and O–H groups in total. The van der Waals surface area contributed by atoms with Gasteiger partial charge in [0.15, 0.2) is 0 Å². The number of thiazole rings is 1. The van der Waals surface area contributed by atoms with Crippen molar-refractivity contribution >= 4 is 28.8 Å². The van der Waals surface area contributed by atoms with E-state index < -0.39 is 0 Å². The highest BCUT2D eigenvalue weighted by Gasteiger charge is 2.22. The molecule has 2 atom stereocenters. The number of hydrogen-bond acceptors (Lipinski definition) is 4. The van der Waals surface area contributed by atoms with Gasteiger partial charge in [0.1, 0.15) is 5.69 Å². The maximum atomic E-state index is 13.0. The summed E-state index contributed by atoms with van der Waals surface area (Å²) in [5.41, 5.74) is 2.49. The SMILES string of the molecule is O=C(NC(c1ccccc1)c1ccc(Cl)cc1)c1csc(C2CCCNC2)n1. The van der Waals surface area contributed by atoms with Crippen molar-refractivity contribution in [1.29, 1.82) is 0 Å². The zero-order chi connectivity index (χ0) is 19.3. The van der Waals surface area contributed by atoms with Crippen LogP contribution in [0.1, 0.15) is 51.4 Å². The number of nitrogens with zero attached hydrogens (tertiary/aromatic N) is 1. The van der Waals surface area contributed by atoms with Gasteiger partial charge in [0.2, 0.25) is 0 Å². The average molecular weight is 412 g/mol. The first-order chi connectivity index (χ1) is 13.7. The topological polar surface area (TPSA) is 54.0 Å². The van der Waals surface area contributed by atoms with Crippen LogP contribution in [-0.2, 0) is 0 Å². The minimum atomic E-state index is -0.257. The van der Waals surface area contributed by atoms with E-state index in [9.17, 15) is 4.79 Å². The molecule has 1 aliphatic heterocycles. The molecule has 1 fully saturated rings. The number of halogens is 1. The predicted octanol–water partition coefficient (Wildman–Crippen LogP) is 4.78. The third-order valence-corrected chi connectivity index (χ3v) is 6.27. The van der Waals surface area contributed by atoms with E-state index in [-0.39, 0.29) is 11.9 Å². The van der Waals surface area contributed by atoms with Crippen molar-refractivity contribution in [1.82, 2.24) is 15.6 Å². The Morgan fingerprint density at radius 2 is 1.89 bits per heavy atom. The minimum Gasteiger partial charge on any atom is -0.340 e. The lowest BCUT2D eigenvalue weighted by Gasteiger charge is -2.20. The van der Waals surface area contributed by atoms with E-state index in [1.165, 1.54) is 0 Å². The second-order valence-corrected chi connectivity index (χ2v) is 8.31. The molecule has 1 aliphatic rings. The van der Waals surface area contributed by atoms with Crippen LogP contribution >= 0.6 is 22.9 Å². The first-order valence-electron chi connectivity index (χ1n) is 9.48. The second-order valence-electron chi connectivity index (χ2n) is 6.98. The maximum absolute atomic E-state index is 13.0. The van der Waals surface area contributed by atoms with Crippen LogP contribution in [0.5, 0.6) is 0 Å². The van der Waals surface area contributed by atoms with E-state index in [1.807, 2.05) is 60.0 Å². The zero-order valence-electron chi connectivity index (χ0n) is 15.4. The van der Waals surface area contributed by atoms with Crippen LogP contribution in [-0.4, -0.2) is 24.0 Å². The molecule has 6 heteroatoms. The fourth-order valence-electron chi connectivity index (χ4n) is 3.51. The van der Waals surface area contributed by atoms with Gasteiger partial charge in [-0.05, 0) is 42.6 Å². The standard InChI is InChI=1S/C22H22ClN3OS/c23-18-10-8-16(9-11-18)20(15-5-2-1-3-6-15)26-21(27)19-14-28-22(25-19)17-7-4-12-24-13-17/h1-3,5-6,8-11,14,17,20,24H,4,7,12-13H2,(H,26,27). The van der Waals surface area contributed by atoms with Crippen LogP contribution < -0.4 is 10.6 Å². The van der Waals surface area contributed by atoms with Gasteiger partial charge < -0.3 is 10.6 Å². The summed E-state index contributed by atoms with van der Waals surface area (Å²) in [7, 11) is 0. The maximum Gasteiger partial charge on any atom is 0.271 e. The number of carbonyl (C=O) groups is 1. The molecule has 2 heterocycles. The summed E-state index contributed by atoms with van der Waals surface area (Å²) in [5.74, 6) is 0.247. The van der Waals surface area contributed by atoms with Crippen LogP contribution in [0.25, 0.3) is 0 Å². The fraction of sp³-hybridized carbons (Fsp3) is 0.273. The van der Waals surface area contributed by atoms with Crippen molar-refractivity contribution in [3.8, 4) is 0 Å². The Bertz CT molecular complexity index is 920. The summed E-state index contributed by atoms with van der Waals surface area (Å²) in [4.78, 5) is 17.6. The van der Waals surface area contributed by atoms with E-state index in [2.05, 4.69) is 15.6 Å². The Morgan fingerprint density at radius 1 is 1.14 bits per heavy atom. The van der Waals surface area contributed by atoms with Gasteiger partial charge in [-0.1, -0.05) is 54.1 Å². The number of benzene rings is 2. The molecule has 144 valence electrons. The van der Waals surface area contributed by atoms with Gasteiger partial charge in [0.05, 0.1) is 11.0 Å². The number of nitrogens with one attached hydrogen (secondary N) is 2. The molecule has 2 unspecified atom stereocenters. The Balaban J connectivity index is 1.55. The van der Waals surface area contributed by atoms with Gasteiger partial charge in [0.25, 0.3) is 5.91 Å². The van der Waals surface area contributed by atoms with Gasteiger partial charge in [-0.2, -0.15) is 0 Å². The van der Waals surface area contributed by atoms with E-state index in [4.69, 9.17) is 11.6 Å². The second kappa shape index (κ2) is 8.86. The van der Waals surface area contributed by atoms with Crippen LogP contribution in [0.4, 0.5) is 0 Å². The van der Waals surface area contributed by atoms with E-state index in [0.29, 0.717) is 16.6 Å². The van der Waals surface area contributed by atoms with E-state index in [0.717, 1.165) is 42.1 Å². The molecule has 0 saturated carbocycles. The number of amides is 1. The molecule has 2 aromatic carbocycles. The lowest BCUT2D eigenvalue weighted by molar-refractivity contribution is 0.0938. The van der Waals surface area contributed by atoms with Gasteiger partial charge >= 0.3 is 0 Å². The first-order valence-corrected chi connectivity index (χ1v) is 10.7. The molecular formula is C22H22ClN3OS. The molecule has 0 aliphatic carbocycles. The highest BCUT2D eigenvalue weighted by atomic mass is 35.5. The Morgan fingerprint density at radius 3 is 2.61 bits per heavy atom. The summed E-state index contributed by atoms with van der Waals surface area (Å²) < 4.78 is 0. The number of carbonyl (C=O) groups excluding carboxylic acids is 1. The molecule has 28 heavy (non-hydrogen) atoms. The molecular weight excluding hydrogens is 390 g/mol. The van der Waals surface area contributed by atoms with Crippen molar-refractivity contribution in [3.05, 3.63) is 86.8 Å². The summed E-state index contributed by atoms with van der Waals surface area (Å²) in [6.45, 7) is 2.00. The van der Waals surface area contributed by atoms with E-state index >= 15 is 0 Å². The summed E-state index contributed by atoms with van der Waals surface area (Å²) in [6.07, 6.45) is 2.28. The fourth-order valence-corrected chi connectivity index (χ4v) is 4.57. The van der Waals surface area contributed by atoms with Crippen LogP contribution in [0.15, 0.2) is 60.0 Å². The molecule has 3 aromatic rings. The summed E-state index contributed by atoms with van der Waals surface area (Å²) in [6, 6.07) is 17.3. The largest absolute Gasteiger partial charge is 0.340 e. The quantitative estimate of drug-likeness (QED) is 0.635. The number of piperidine rings is 1. The molecule has 0 bridgehead atoms. The van der Waals surface area contributed by atoms with Gasteiger partial charge in [-0.3, -0.25) is 4.79 Å². The third-order valence-electron chi connectivity index (χ3n) is 5.01. The predicted molar refractivity (Wildman–Crippen MR) is 114 cm³/mol. The van der Waals surface area contributed by atoms with Crippen LogP contribution in [0.3, 0.4) is 0 Å². The van der Waals surface area contributed by atoms with Crippen LogP contribution in [0.2, 0.25) is 5.02 Å². The van der Waals surface area contributed by atoms with Crippen LogP contribution in [0, 0.1) is 0 Å². The first kappa shape index (κ1) is 19.1. The summed E-state index contributed by atoms with van der Waals surface area (Å²) in [5, 5.41) is 10.1. The van der Waals surface area contributed by atoms with Crippen molar-refractivity contribution < 1.29 is 4.79 Å². The average Bonchev–Trinajstić information content (AvgIpc) is 3.24. The van der Waals surface area contributed by atoms with Crippen molar-refractivity contribution in [3.63, 3.8) is 0 Å². The highest BCUT2D eigenvalue weighted by Crippen LogP contribution is 2.27. The van der Waals surface area contributed by atoms with Crippen molar-refractivity contribution in [2.75, 3.05) is 13.1 Å². The normalized spacial score (nSPS) is 17.8. The van der Waals surface area contributed by atoms with Gasteiger partial charge in [0, 0.05) is 22.9 Å². The third kappa shape index (κ3) is 4.43. The molecule has 4 nitrogen and oxygen atoms in total. The Labute approximate surface area is 174 Å². The number of aromatic nitrogens is 1. The molecule has 0 spiro atoms. The zero-order valence-corrected chi connectivity index (χ0v) is 17.0. The Kier molecular flexibility index (Phi) is 6.05. The summed E-state index contributed by atoms with van der Waals surface area (Å²) >= 11 is 7.62. The molecule has 0 radical (unpaired) electrons. The molecule has 1 amide bonds. The Hall–Kier alpha value is -2.21. The monoisotopic (exact) mass is 411 g/mol. The molecule has 1 aromatic heterocycles. The highest BCUT2D eigenvalue weighted by molar-refractivity contribution is 7.09. The van der Waals surface area contributed by atoms with Gasteiger partial charge in [-0.25, -0.2) is 4.98 Å². The smallest absolute Gasteiger partial charge is 0.271 e. The van der Waals surface area contributed by atoms with Crippen molar-refractivity contribution in [2.45, 2.75) is 24.8 Å². The van der Waals surface area contributed by atoms with E-state index in [1.54, 1.807) is 11.3 Å². The van der Waals surface area contributed by atoms with Gasteiger partial charge in [-0.15, -0.1) is 11.3 Å². The molecule has 4 rings (SSSR count). The lowest BCUT2D eigenvalue weighted by atomic mass is 9.98. The number of rotatable bonds is 5. The lowest BCUT2D eigenvalue weighted by Crippen LogP contribution is -2.30. The molecule has 1 saturated heterocycles. The van der Waals surface area contributed by atoms with Crippen molar-refractivity contribution in [2.24, 2.45) is 0 Å².